The van der Waals surface area contributed by atoms with Gasteiger partial charge in [-0.2, -0.15) is 26.3 Å². The molecule has 10 heterocycles. The summed E-state index contributed by atoms with van der Waals surface area (Å²) >= 11 is 0. The summed E-state index contributed by atoms with van der Waals surface area (Å²) in [5.74, 6) is 2.11. The SMILES string of the molecule is CN(C)C1(c2ccccc2)CCC2(CC1)CN(c1cnc(CCCO)nc1)C(=O)N2.CN(C)C1(c2nc3ccccc3n2C)CCC2(CC1)CN(c1cnc(C(F)(F)F)nc1)C(=O)N2.CN(Cc1ccccc1)c1ncc(N2CC3(CCC(c4ccccc4)(N(C)C)CC3)NC2=O)cn1.Cc1cc(C(F)(F)F)ncc1N1CC2(CCC(c3nc4ccccc4n3C)(N(C)C)CC2)NC1=O. The number of nitrogens with zero attached hydrogens (tertiary/aromatic N) is 20. The minimum atomic E-state index is -4.62. The Balaban J connectivity index is 0.000000130. The summed E-state index contributed by atoms with van der Waals surface area (Å²) in [7, 11) is 22.9. The summed E-state index contributed by atoms with van der Waals surface area (Å²) in [6, 6.07) is 48.0. The molecule has 11 aromatic rings. The molecule has 134 heavy (non-hydrogen) atoms. The van der Waals surface area contributed by atoms with Crippen molar-refractivity contribution in [2.45, 2.75) is 186 Å². The van der Waals surface area contributed by atoms with Gasteiger partial charge in [0.15, 0.2) is 0 Å². The van der Waals surface area contributed by atoms with Gasteiger partial charge in [0.25, 0.3) is 0 Å². The van der Waals surface area contributed by atoms with Crippen molar-refractivity contribution in [3.8, 4) is 0 Å². The molecule has 0 radical (unpaired) electrons. The van der Waals surface area contributed by atoms with Gasteiger partial charge < -0.3 is 40.4 Å². The number of para-hydroxylation sites is 4. The number of nitrogens with one attached hydrogen (secondary N) is 4. The lowest BCUT2D eigenvalue weighted by molar-refractivity contribution is -0.145. The number of amides is 8. The molecule has 4 saturated carbocycles. The Morgan fingerprint density at radius 3 is 1.08 bits per heavy atom. The number of hydrogen-bond acceptors (Lipinski definition) is 19. The minimum absolute atomic E-state index is 0.00124. The molecule has 4 aliphatic heterocycles. The number of pyridine rings is 1. The number of rotatable bonds is 18. The highest BCUT2D eigenvalue weighted by molar-refractivity contribution is 5.98. The third kappa shape index (κ3) is 18.6. The maximum atomic E-state index is 13.0. The summed E-state index contributed by atoms with van der Waals surface area (Å²) in [6.07, 6.45) is 16.1. The number of anilines is 5. The molecule has 8 aliphatic rings. The molecule has 5 aromatic carbocycles. The first-order valence-electron chi connectivity index (χ1n) is 45.8. The zero-order valence-corrected chi connectivity index (χ0v) is 78.2. The number of imidazole rings is 2. The Morgan fingerprint density at radius 1 is 0.396 bits per heavy atom. The number of carbonyl (C=O) groups is 4. The molecule has 0 bridgehead atoms. The predicted molar refractivity (Wildman–Crippen MR) is 503 cm³/mol. The number of urea groups is 4. The molecule has 6 aromatic heterocycles. The van der Waals surface area contributed by atoms with E-state index >= 15 is 0 Å². The van der Waals surface area contributed by atoms with Crippen LogP contribution in [0.2, 0.25) is 0 Å². The smallest absolute Gasteiger partial charge is 0.396 e. The van der Waals surface area contributed by atoms with Crippen LogP contribution in [0.25, 0.3) is 22.1 Å². The molecule has 0 unspecified atom stereocenters. The van der Waals surface area contributed by atoms with Gasteiger partial charge in [-0.05, 0) is 225 Å². The molecule has 29 nitrogen and oxygen atoms in total. The number of halogens is 6. The molecule has 19 rings (SSSR count). The molecule has 5 N–H and O–H groups in total. The van der Waals surface area contributed by atoms with E-state index in [1.165, 1.54) is 26.5 Å². The van der Waals surface area contributed by atoms with Crippen molar-refractivity contribution in [3.05, 3.63) is 240 Å². The van der Waals surface area contributed by atoms with Crippen LogP contribution >= 0.6 is 0 Å². The first-order valence-corrected chi connectivity index (χ1v) is 45.8. The molecule has 4 aliphatic carbocycles. The first-order chi connectivity index (χ1) is 63.9. The maximum absolute atomic E-state index is 13.0. The second-order valence-corrected chi connectivity index (χ2v) is 38.5. The number of carbonyl (C=O) groups excluding carboxylic acids is 4. The number of aromatic nitrogens is 11. The number of aryl methyl sites for hydroxylation is 4. The van der Waals surface area contributed by atoms with Crippen molar-refractivity contribution >= 4 is 74.9 Å². The van der Waals surface area contributed by atoms with Crippen LogP contribution in [0.1, 0.15) is 160 Å². The van der Waals surface area contributed by atoms with Gasteiger partial charge in [0.1, 0.15) is 23.2 Å². The van der Waals surface area contributed by atoms with Gasteiger partial charge in [0.05, 0.1) is 148 Å². The Kier molecular flexibility index (Phi) is 26.6. The van der Waals surface area contributed by atoms with E-state index in [2.05, 4.69) is 226 Å². The van der Waals surface area contributed by atoms with E-state index in [0.29, 0.717) is 74.9 Å². The highest BCUT2D eigenvalue weighted by atomic mass is 19.4. The highest BCUT2D eigenvalue weighted by Gasteiger charge is 2.57. The topological polar surface area (TPSA) is 292 Å². The van der Waals surface area contributed by atoms with Crippen LogP contribution in [0.5, 0.6) is 0 Å². The molecule has 0 atom stereocenters. The summed E-state index contributed by atoms with van der Waals surface area (Å²) in [5, 5.41) is 21.8. The van der Waals surface area contributed by atoms with Crippen molar-refractivity contribution in [2.24, 2.45) is 14.1 Å². The summed E-state index contributed by atoms with van der Waals surface area (Å²) in [5.41, 5.74) is 7.57. The average molecular weight is 1840 g/mol. The second kappa shape index (κ2) is 37.5. The largest absolute Gasteiger partial charge is 0.451 e. The fourth-order valence-corrected chi connectivity index (χ4v) is 21.7. The second-order valence-electron chi connectivity index (χ2n) is 38.5. The molecule has 708 valence electrons. The van der Waals surface area contributed by atoms with Crippen molar-refractivity contribution in [1.82, 2.24) is 94.9 Å². The lowest BCUT2D eigenvalue weighted by atomic mass is 9.69. The zero-order valence-electron chi connectivity index (χ0n) is 78.2. The van der Waals surface area contributed by atoms with E-state index in [4.69, 9.17) is 15.1 Å². The number of alkyl halides is 6. The zero-order chi connectivity index (χ0) is 95.1. The normalized spacial score (nSPS) is 25.2. The van der Waals surface area contributed by atoms with Gasteiger partial charge in [-0.15, -0.1) is 0 Å². The van der Waals surface area contributed by atoms with E-state index in [9.17, 15) is 45.5 Å². The van der Waals surface area contributed by atoms with Gasteiger partial charge in [0, 0.05) is 51.8 Å². The minimum Gasteiger partial charge on any atom is -0.396 e. The Bertz CT molecular complexity index is 5970. The molecule has 35 heteroatoms. The Morgan fingerprint density at radius 2 is 0.731 bits per heavy atom. The average Bonchev–Trinajstić information content (AvgIpc) is 1.59. The fraction of sp³-hybridized carbons (Fsp3) is 0.465. The first kappa shape index (κ1) is 94.9. The lowest BCUT2D eigenvalue weighted by Crippen LogP contribution is -2.54. The Labute approximate surface area is 777 Å². The molecule has 4 saturated heterocycles. The van der Waals surface area contributed by atoms with Crippen LogP contribution in [0.3, 0.4) is 0 Å². The van der Waals surface area contributed by atoms with Gasteiger partial charge >= 0.3 is 36.5 Å². The summed E-state index contributed by atoms with van der Waals surface area (Å²) < 4.78 is 81.9. The predicted octanol–water partition coefficient (Wildman–Crippen LogP) is 15.4. The Hall–Kier alpha value is -12.3. The van der Waals surface area contributed by atoms with E-state index < -0.39 is 34.9 Å². The van der Waals surface area contributed by atoms with Crippen LogP contribution in [0.15, 0.2) is 189 Å². The quantitative estimate of drug-likeness (QED) is 0.0499. The molecule has 8 fully saturated rings. The van der Waals surface area contributed by atoms with E-state index in [1.807, 2.05) is 80.6 Å². The number of hydrogen-bond donors (Lipinski definition) is 5. The third-order valence-corrected chi connectivity index (χ3v) is 29.9. The van der Waals surface area contributed by atoms with Crippen LogP contribution in [-0.2, 0) is 61.6 Å². The van der Waals surface area contributed by atoms with Crippen molar-refractivity contribution in [3.63, 3.8) is 0 Å². The van der Waals surface area contributed by atoms with Crippen molar-refractivity contribution in [2.75, 3.05) is 121 Å². The number of benzene rings is 5. The lowest BCUT2D eigenvalue weighted by Gasteiger charge is -2.48. The van der Waals surface area contributed by atoms with E-state index in [1.54, 1.807) is 41.5 Å². The third-order valence-electron chi connectivity index (χ3n) is 29.9. The van der Waals surface area contributed by atoms with Gasteiger partial charge in [0.2, 0.25) is 11.8 Å². The van der Waals surface area contributed by atoms with Gasteiger partial charge in [-0.25, -0.2) is 64.0 Å². The standard InChI is InChI=1S/C28H34N6O.C25H29F3N6O.C23H26F3N7O.C23H31N5O2/c1-32(2)28(23-12-8-5-9-13-23)16-14-27(15-17-28)21-34(26(35)31-27)24-18-29-25(30-19-24)33(3)20-22-10-6-4-7-11-22;1-16-13-20(25(26,27)28)29-14-19(16)34-15-23(31-22(34)35)9-11-24(12-10-23,32(2)3)21-30-17-7-5-6-8-18(17)33(21)4;1-31(2)22(19-29-16-6-4-5-7-17(16)32(19)3)10-8-21(9-11-22)14-33(20(34)30-21)15-12-27-18(28-13-15)23(24,25)26;1-27(2)23(18-7-4-3-5-8-18)12-10-22(11-13-23)17-28(21(30)26-22)19-15-24-20(25-16-19)9-6-14-29/h4-13,18-19H,14-17,20-21H2,1-3H3,(H,31,35);5-8,13-14H,9-12,15H2,1-4H3,(H,31,35);4-7,12-13H,8-11,14H2,1-3H3,(H,30,34);3-5,7-8,15-16,29H,6,9-14,17H2,1-2H3,(H,26,30). The molecular weight excluding hydrogens is 1720 g/mol. The fourth-order valence-electron chi connectivity index (χ4n) is 21.7. The van der Waals surface area contributed by atoms with E-state index in [0.717, 1.165) is 166 Å². The van der Waals surface area contributed by atoms with Crippen molar-refractivity contribution in [1.29, 1.82) is 0 Å². The van der Waals surface area contributed by atoms with Crippen LogP contribution in [-0.4, -0.2) is 221 Å². The maximum Gasteiger partial charge on any atom is 0.451 e. The number of fused-ring (bicyclic) bond motifs is 2. The van der Waals surface area contributed by atoms with Crippen LogP contribution < -0.4 is 45.8 Å². The monoisotopic (exact) mass is 1840 g/mol. The highest BCUT2D eigenvalue weighted by Crippen LogP contribution is 2.52. The van der Waals surface area contributed by atoms with Crippen molar-refractivity contribution < 1.29 is 50.6 Å². The number of aliphatic hydroxyl groups excluding tert-OH is 1. The van der Waals surface area contributed by atoms with Crippen LogP contribution in [0, 0.1) is 6.92 Å². The summed E-state index contributed by atoms with van der Waals surface area (Å²) in [6.45, 7) is 4.46. The summed E-state index contributed by atoms with van der Waals surface area (Å²) in [4.78, 5) is 107. The van der Waals surface area contributed by atoms with E-state index in [-0.39, 0.29) is 69.7 Å². The molecular formula is C99H120F6N24O5. The molecule has 4 spiro atoms. The van der Waals surface area contributed by atoms with Gasteiger partial charge in [-0.3, -0.25) is 39.2 Å². The van der Waals surface area contributed by atoms with Crippen LogP contribution in [0.4, 0.5) is 74.2 Å². The molecule has 8 amide bonds. The van der Waals surface area contributed by atoms with Gasteiger partial charge in [-0.1, -0.05) is 115 Å². The number of aliphatic hydroxyl groups is 1.